The summed E-state index contributed by atoms with van der Waals surface area (Å²) in [5, 5.41) is 2.51. The average Bonchev–Trinajstić information content (AvgIpc) is 2.62. The van der Waals surface area contributed by atoms with Crippen LogP contribution in [0.25, 0.3) is 0 Å². The van der Waals surface area contributed by atoms with Crippen molar-refractivity contribution in [3.8, 4) is 0 Å². The van der Waals surface area contributed by atoms with E-state index in [0.717, 1.165) is 5.56 Å². The molecule has 0 aliphatic heterocycles. The molecule has 1 amide bonds. The van der Waals surface area contributed by atoms with Gasteiger partial charge in [-0.3, -0.25) is 9.59 Å². The van der Waals surface area contributed by atoms with Crippen LogP contribution in [-0.4, -0.2) is 38.8 Å². The second-order valence-electron chi connectivity index (χ2n) is 5.57. The number of carbonyl (C=O) groups is 2. The SMILES string of the molecule is COC(=O)CC(=O)Nc1ccc(S(=O)(=O)N(C)Cc2ccccc2)cc1. The Bertz CT molecular complexity index is 864. The van der Waals surface area contributed by atoms with Crippen LogP contribution in [0.1, 0.15) is 12.0 Å². The van der Waals surface area contributed by atoms with Gasteiger partial charge in [0.15, 0.2) is 0 Å². The normalized spacial score (nSPS) is 11.2. The van der Waals surface area contributed by atoms with Crippen LogP contribution in [0, 0.1) is 0 Å². The van der Waals surface area contributed by atoms with E-state index < -0.39 is 28.3 Å². The zero-order valence-electron chi connectivity index (χ0n) is 14.5. The molecule has 26 heavy (non-hydrogen) atoms. The van der Waals surface area contributed by atoms with Gasteiger partial charge in [0.1, 0.15) is 6.42 Å². The Balaban J connectivity index is 2.06. The molecule has 2 rings (SSSR count). The molecule has 0 saturated heterocycles. The van der Waals surface area contributed by atoms with Crippen molar-refractivity contribution in [2.24, 2.45) is 0 Å². The number of methoxy groups -OCH3 is 1. The van der Waals surface area contributed by atoms with Crippen molar-refractivity contribution >= 4 is 27.6 Å². The van der Waals surface area contributed by atoms with E-state index in [2.05, 4.69) is 10.1 Å². The molecule has 2 aromatic rings. The van der Waals surface area contributed by atoms with Gasteiger partial charge in [0.25, 0.3) is 0 Å². The molecule has 138 valence electrons. The van der Waals surface area contributed by atoms with E-state index >= 15 is 0 Å². The summed E-state index contributed by atoms with van der Waals surface area (Å²) in [6.07, 6.45) is -0.406. The Morgan fingerprint density at radius 3 is 2.23 bits per heavy atom. The van der Waals surface area contributed by atoms with Crippen molar-refractivity contribution in [1.82, 2.24) is 4.31 Å². The smallest absolute Gasteiger partial charge is 0.315 e. The molecule has 0 spiro atoms. The fraction of sp³-hybridized carbons (Fsp3) is 0.222. The maximum atomic E-state index is 12.6. The third-order valence-corrected chi connectivity index (χ3v) is 5.44. The average molecular weight is 376 g/mol. The Kier molecular flexibility index (Phi) is 6.48. The molecule has 7 nitrogen and oxygen atoms in total. The van der Waals surface area contributed by atoms with Crippen molar-refractivity contribution in [1.29, 1.82) is 0 Å². The molecule has 1 N–H and O–H groups in total. The third kappa shape index (κ3) is 5.14. The highest BCUT2D eigenvalue weighted by molar-refractivity contribution is 7.89. The minimum absolute atomic E-state index is 0.113. The number of anilines is 1. The van der Waals surface area contributed by atoms with Crippen molar-refractivity contribution in [2.75, 3.05) is 19.5 Å². The molecule has 0 aliphatic carbocycles. The second kappa shape index (κ2) is 8.59. The molecule has 0 unspecified atom stereocenters. The summed E-state index contributed by atoms with van der Waals surface area (Å²) in [6.45, 7) is 0.251. The van der Waals surface area contributed by atoms with E-state index in [0.29, 0.717) is 5.69 Å². The second-order valence-corrected chi connectivity index (χ2v) is 7.62. The van der Waals surface area contributed by atoms with Gasteiger partial charge in [0, 0.05) is 19.3 Å². The molecule has 0 heterocycles. The molecule has 0 aromatic heterocycles. The maximum absolute atomic E-state index is 12.6. The lowest BCUT2D eigenvalue weighted by Gasteiger charge is -2.17. The molecular weight excluding hydrogens is 356 g/mol. The van der Waals surface area contributed by atoms with Crippen LogP contribution in [0.5, 0.6) is 0 Å². The van der Waals surface area contributed by atoms with Crippen LogP contribution >= 0.6 is 0 Å². The molecule has 2 aromatic carbocycles. The highest BCUT2D eigenvalue weighted by atomic mass is 32.2. The van der Waals surface area contributed by atoms with Crippen molar-refractivity contribution < 1.29 is 22.7 Å². The standard InChI is InChI=1S/C18H20N2O5S/c1-20(13-14-6-4-3-5-7-14)26(23,24)16-10-8-15(9-11-16)19-17(21)12-18(22)25-2/h3-11H,12-13H2,1-2H3,(H,19,21). The number of ether oxygens (including phenoxy) is 1. The number of sulfonamides is 1. The molecule has 0 bridgehead atoms. The van der Waals surface area contributed by atoms with Crippen molar-refractivity contribution in [3.63, 3.8) is 0 Å². The molecule has 0 radical (unpaired) electrons. The van der Waals surface area contributed by atoms with Gasteiger partial charge in [-0.1, -0.05) is 30.3 Å². The van der Waals surface area contributed by atoms with Crippen LogP contribution in [0.15, 0.2) is 59.5 Å². The van der Waals surface area contributed by atoms with Gasteiger partial charge in [-0.05, 0) is 29.8 Å². The fourth-order valence-corrected chi connectivity index (χ4v) is 3.38. The number of hydrogen-bond acceptors (Lipinski definition) is 5. The molecule has 0 aliphatic rings. The molecule has 0 saturated carbocycles. The quantitative estimate of drug-likeness (QED) is 0.589. The largest absolute Gasteiger partial charge is 0.469 e. The Morgan fingerprint density at radius 1 is 1.04 bits per heavy atom. The topological polar surface area (TPSA) is 92.8 Å². The molecule has 8 heteroatoms. The Morgan fingerprint density at radius 2 is 1.65 bits per heavy atom. The summed E-state index contributed by atoms with van der Waals surface area (Å²) in [7, 11) is -0.955. The van der Waals surface area contributed by atoms with Crippen LogP contribution in [0.4, 0.5) is 5.69 Å². The Labute approximate surface area is 152 Å². The number of hydrogen-bond donors (Lipinski definition) is 1. The first-order valence-corrected chi connectivity index (χ1v) is 9.24. The number of nitrogens with zero attached hydrogens (tertiary/aromatic N) is 1. The van der Waals surface area contributed by atoms with E-state index in [4.69, 9.17) is 0 Å². The lowest BCUT2D eigenvalue weighted by molar-refractivity contribution is -0.142. The lowest BCUT2D eigenvalue weighted by Crippen LogP contribution is -2.26. The van der Waals surface area contributed by atoms with Gasteiger partial charge >= 0.3 is 5.97 Å². The molecular formula is C18H20N2O5S. The summed E-state index contributed by atoms with van der Waals surface area (Å²) >= 11 is 0. The first-order chi connectivity index (χ1) is 12.3. The van der Waals surface area contributed by atoms with Crippen molar-refractivity contribution in [2.45, 2.75) is 17.9 Å². The van der Waals surface area contributed by atoms with Crippen LogP contribution in [0.3, 0.4) is 0 Å². The predicted molar refractivity (Wildman–Crippen MR) is 96.8 cm³/mol. The predicted octanol–water partition coefficient (Wildman–Crippen LogP) is 2.01. The number of nitrogens with one attached hydrogen (secondary N) is 1. The monoisotopic (exact) mass is 376 g/mol. The van der Waals surface area contributed by atoms with Gasteiger partial charge < -0.3 is 10.1 Å². The molecule has 0 fully saturated rings. The van der Waals surface area contributed by atoms with Gasteiger partial charge in [-0.15, -0.1) is 0 Å². The van der Waals surface area contributed by atoms with Crippen LogP contribution in [0.2, 0.25) is 0 Å². The maximum Gasteiger partial charge on any atom is 0.315 e. The summed E-state index contributed by atoms with van der Waals surface area (Å²) in [6, 6.07) is 15.0. The highest BCUT2D eigenvalue weighted by Gasteiger charge is 2.21. The first-order valence-electron chi connectivity index (χ1n) is 7.80. The van der Waals surface area contributed by atoms with Gasteiger partial charge in [-0.2, -0.15) is 4.31 Å². The Hall–Kier alpha value is -2.71. The van der Waals surface area contributed by atoms with E-state index in [1.54, 1.807) is 0 Å². The van der Waals surface area contributed by atoms with Crippen molar-refractivity contribution in [3.05, 3.63) is 60.2 Å². The lowest BCUT2D eigenvalue weighted by atomic mass is 10.2. The minimum atomic E-state index is -3.66. The zero-order valence-corrected chi connectivity index (χ0v) is 15.3. The van der Waals surface area contributed by atoms with Gasteiger partial charge in [0.2, 0.25) is 15.9 Å². The summed E-state index contributed by atoms with van der Waals surface area (Å²) in [5.41, 5.74) is 1.27. The number of benzene rings is 2. The van der Waals surface area contributed by atoms with Gasteiger partial charge in [-0.25, -0.2) is 8.42 Å². The number of esters is 1. The van der Waals surface area contributed by atoms with Crippen LogP contribution < -0.4 is 5.32 Å². The zero-order chi connectivity index (χ0) is 19.2. The summed E-state index contributed by atoms with van der Waals surface area (Å²) < 4.78 is 30.9. The highest BCUT2D eigenvalue weighted by Crippen LogP contribution is 2.19. The van der Waals surface area contributed by atoms with E-state index in [9.17, 15) is 18.0 Å². The summed E-state index contributed by atoms with van der Waals surface area (Å²) in [5.74, 6) is -1.18. The summed E-state index contributed by atoms with van der Waals surface area (Å²) in [4.78, 5) is 22.8. The number of amides is 1. The number of carbonyl (C=O) groups excluding carboxylic acids is 2. The van der Waals surface area contributed by atoms with Gasteiger partial charge in [0.05, 0.1) is 12.0 Å². The van der Waals surface area contributed by atoms with Crippen LogP contribution in [-0.2, 0) is 30.9 Å². The fourth-order valence-electron chi connectivity index (χ4n) is 2.22. The minimum Gasteiger partial charge on any atom is -0.469 e. The first kappa shape index (κ1) is 19.6. The van der Waals surface area contributed by atoms with E-state index in [1.807, 2.05) is 30.3 Å². The number of rotatable bonds is 7. The van der Waals surface area contributed by atoms with E-state index in [1.165, 1.54) is 42.7 Å². The van der Waals surface area contributed by atoms with E-state index in [-0.39, 0.29) is 11.4 Å². The molecule has 0 atom stereocenters. The third-order valence-electron chi connectivity index (χ3n) is 3.63.